The highest BCUT2D eigenvalue weighted by atomic mass is 19.1. The van der Waals surface area contributed by atoms with Crippen molar-refractivity contribution in [3.63, 3.8) is 0 Å². The number of hydrogen-bond donors (Lipinski definition) is 1. The van der Waals surface area contributed by atoms with Crippen LogP contribution in [-0.2, 0) is 27.4 Å². The molecule has 286 valence electrons. The number of methoxy groups -OCH3 is 1. The summed E-state index contributed by atoms with van der Waals surface area (Å²) < 4.78 is 45.0. The van der Waals surface area contributed by atoms with Crippen LogP contribution in [0.2, 0.25) is 0 Å². The molecule has 0 unspecified atom stereocenters. The molecule has 1 saturated heterocycles. The van der Waals surface area contributed by atoms with Crippen molar-refractivity contribution in [3.8, 4) is 5.75 Å². The Morgan fingerprint density at radius 1 is 1.13 bits per heavy atom. The molecule has 2 aromatic heterocycles. The number of rotatable bonds is 9. The molecule has 1 aromatic carbocycles. The van der Waals surface area contributed by atoms with E-state index < -0.39 is 70.6 Å². The third-order valence-electron chi connectivity index (χ3n) is 9.79. The van der Waals surface area contributed by atoms with Crippen molar-refractivity contribution >= 4 is 35.5 Å². The van der Waals surface area contributed by atoms with Gasteiger partial charge in [0.05, 0.1) is 18.3 Å². The lowest BCUT2D eigenvalue weighted by atomic mass is 9.84. The second kappa shape index (κ2) is 15.2. The fourth-order valence-electron chi connectivity index (χ4n) is 6.94. The Labute approximate surface area is 308 Å². The van der Waals surface area contributed by atoms with E-state index in [0.29, 0.717) is 36.6 Å². The van der Waals surface area contributed by atoms with E-state index in [1.807, 2.05) is 13.8 Å². The average Bonchev–Trinajstić information content (AvgIpc) is 3.48. The van der Waals surface area contributed by atoms with Gasteiger partial charge in [-0.3, -0.25) is 19.3 Å². The van der Waals surface area contributed by atoms with Gasteiger partial charge in [-0.2, -0.15) is 0 Å². The van der Waals surface area contributed by atoms with Crippen LogP contribution in [0.4, 0.5) is 24.2 Å². The molecule has 3 aliphatic rings. The summed E-state index contributed by atoms with van der Waals surface area (Å²) in [4.78, 5) is 82.8. The van der Waals surface area contributed by atoms with Crippen molar-refractivity contribution < 1.29 is 47.0 Å². The predicted octanol–water partition coefficient (Wildman–Crippen LogP) is 3.97. The fourth-order valence-corrected chi connectivity index (χ4v) is 6.94. The van der Waals surface area contributed by atoms with Crippen LogP contribution in [0.15, 0.2) is 52.7 Å². The molecule has 1 N–H and O–H groups in total. The number of hydrogen-bond acceptors (Lipinski definition) is 11. The SMILES string of the molecule is COCOC(=O)N(C)Cc1cccnc1N(C)C(=O)Oc1c2n(cc(C(=O)NCc3ccc(F)cc3F)c1=O)[C@@H]1CN(C2=O)[C@@H](C)CC[C@]12CC(C)=NO2. The van der Waals surface area contributed by atoms with E-state index in [0.717, 1.165) is 17.0 Å². The summed E-state index contributed by atoms with van der Waals surface area (Å²) in [5.41, 5.74) is -1.77. The van der Waals surface area contributed by atoms with Gasteiger partial charge in [0, 0.05) is 76.3 Å². The standard InChI is InChI=1S/C36H39F2N7O9/c1-20-14-36(54-41-20)11-10-21(2)44-18-27(36)45-17-25(32(47)40-15-22-8-9-24(37)13-26(22)38)29(46)30(28(45)33(44)48)53-35(50)43(4)31-23(7-6-12-39-31)16-42(3)34(49)52-19-51-5/h6-9,12-13,17,21,27H,10-11,14-16,18-19H2,1-5H3,(H,40,47)/t21-,27+,36-/m0/s1. The minimum absolute atomic E-state index is 0.0469. The Morgan fingerprint density at radius 3 is 2.61 bits per heavy atom. The summed E-state index contributed by atoms with van der Waals surface area (Å²) in [6.07, 6.45) is 2.20. The van der Waals surface area contributed by atoms with Gasteiger partial charge >= 0.3 is 12.2 Å². The summed E-state index contributed by atoms with van der Waals surface area (Å²) in [6.45, 7) is 3.08. The molecule has 6 rings (SSSR count). The first-order chi connectivity index (χ1) is 25.7. The highest BCUT2D eigenvalue weighted by Crippen LogP contribution is 2.46. The summed E-state index contributed by atoms with van der Waals surface area (Å²) >= 11 is 0. The van der Waals surface area contributed by atoms with Crippen LogP contribution in [0.5, 0.6) is 5.75 Å². The lowest BCUT2D eigenvalue weighted by Crippen LogP contribution is -2.52. The van der Waals surface area contributed by atoms with Crippen molar-refractivity contribution in [3.05, 3.63) is 87.0 Å². The number of anilines is 1. The number of nitrogens with one attached hydrogen (secondary N) is 1. The molecule has 1 fully saturated rings. The Balaban J connectivity index is 1.40. The lowest BCUT2D eigenvalue weighted by Gasteiger charge is -2.42. The van der Waals surface area contributed by atoms with Crippen LogP contribution in [0.25, 0.3) is 0 Å². The number of halogens is 2. The number of oxime groups is 1. The number of amides is 4. The normalized spacial score (nSPS) is 20.0. The van der Waals surface area contributed by atoms with E-state index in [4.69, 9.17) is 19.0 Å². The molecule has 0 saturated carbocycles. The zero-order chi connectivity index (χ0) is 38.9. The Bertz CT molecular complexity index is 2090. The van der Waals surface area contributed by atoms with E-state index in [-0.39, 0.29) is 43.0 Å². The van der Waals surface area contributed by atoms with Gasteiger partial charge in [-0.1, -0.05) is 17.3 Å². The molecule has 4 amide bonds. The second-order valence-electron chi connectivity index (χ2n) is 13.5. The summed E-state index contributed by atoms with van der Waals surface area (Å²) in [5.74, 6) is -3.95. The highest BCUT2D eigenvalue weighted by Gasteiger charge is 2.54. The molecular weight excluding hydrogens is 712 g/mol. The van der Waals surface area contributed by atoms with Crippen molar-refractivity contribution in [2.24, 2.45) is 5.16 Å². The Morgan fingerprint density at radius 2 is 1.91 bits per heavy atom. The summed E-state index contributed by atoms with van der Waals surface area (Å²) in [5, 5.41) is 6.69. The van der Waals surface area contributed by atoms with E-state index in [2.05, 4.69) is 15.5 Å². The molecule has 0 radical (unpaired) electrons. The highest BCUT2D eigenvalue weighted by molar-refractivity contribution is 6.01. The van der Waals surface area contributed by atoms with Gasteiger partial charge < -0.3 is 38.7 Å². The van der Waals surface area contributed by atoms with Gasteiger partial charge in [0.1, 0.15) is 23.0 Å². The van der Waals surface area contributed by atoms with E-state index in [9.17, 15) is 32.8 Å². The summed E-state index contributed by atoms with van der Waals surface area (Å²) in [6, 6.07) is 5.09. The molecule has 3 atom stereocenters. The number of pyridine rings is 2. The van der Waals surface area contributed by atoms with Gasteiger partial charge in [0.15, 0.2) is 18.1 Å². The number of benzene rings is 1. The number of carbonyl (C=O) groups excluding carboxylic acids is 4. The van der Waals surface area contributed by atoms with E-state index >= 15 is 0 Å². The minimum Gasteiger partial charge on any atom is -0.422 e. The van der Waals surface area contributed by atoms with E-state index in [1.54, 1.807) is 17.0 Å². The van der Waals surface area contributed by atoms with Gasteiger partial charge in [0.25, 0.3) is 11.8 Å². The predicted molar refractivity (Wildman–Crippen MR) is 187 cm³/mol. The quantitative estimate of drug-likeness (QED) is 0.315. The topological polar surface area (TPSA) is 174 Å². The zero-order valence-corrected chi connectivity index (χ0v) is 30.3. The van der Waals surface area contributed by atoms with Crippen LogP contribution in [-0.4, -0.2) is 95.2 Å². The number of carbonyl (C=O) groups is 4. The molecular formula is C36H39F2N7O9. The second-order valence-corrected chi connectivity index (χ2v) is 13.5. The largest absolute Gasteiger partial charge is 0.422 e. The minimum atomic E-state index is -1.14. The monoisotopic (exact) mass is 751 g/mol. The molecule has 1 spiro atoms. The molecule has 18 heteroatoms. The number of ether oxygens (including phenoxy) is 3. The van der Waals surface area contributed by atoms with Gasteiger partial charge in [-0.05, 0) is 38.8 Å². The molecule has 3 aromatic rings. The maximum Gasteiger partial charge on any atom is 0.420 e. The maximum absolute atomic E-state index is 14.5. The van der Waals surface area contributed by atoms with Crippen LogP contribution >= 0.6 is 0 Å². The maximum atomic E-state index is 14.5. The van der Waals surface area contributed by atoms with Crippen molar-refractivity contribution in [1.29, 1.82) is 0 Å². The van der Waals surface area contributed by atoms with Crippen molar-refractivity contribution in [2.45, 2.75) is 63.9 Å². The van der Waals surface area contributed by atoms with Crippen LogP contribution in [0, 0.1) is 11.6 Å². The molecule has 5 heterocycles. The van der Waals surface area contributed by atoms with Crippen molar-refractivity contribution in [2.75, 3.05) is 39.4 Å². The first kappa shape index (κ1) is 37.8. The van der Waals surface area contributed by atoms with Crippen LogP contribution in [0.3, 0.4) is 0 Å². The van der Waals surface area contributed by atoms with Crippen LogP contribution < -0.4 is 20.4 Å². The average molecular weight is 752 g/mol. The molecule has 2 bridgehead atoms. The van der Waals surface area contributed by atoms with Gasteiger partial charge in [-0.15, -0.1) is 0 Å². The molecule has 16 nitrogen and oxygen atoms in total. The fraction of sp³-hybridized carbons (Fsp3) is 0.417. The number of aromatic nitrogens is 2. The Hall–Kier alpha value is -5.91. The van der Waals surface area contributed by atoms with Gasteiger partial charge in [-0.25, -0.2) is 23.4 Å². The first-order valence-electron chi connectivity index (χ1n) is 17.0. The van der Waals surface area contributed by atoms with Crippen molar-refractivity contribution in [1.82, 2.24) is 24.7 Å². The molecule has 54 heavy (non-hydrogen) atoms. The van der Waals surface area contributed by atoms with Crippen LogP contribution in [0.1, 0.15) is 71.1 Å². The zero-order valence-electron chi connectivity index (χ0n) is 30.3. The lowest BCUT2D eigenvalue weighted by molar-refractivity contribution is -0.0655. The van der Waals surface area contributed by atoms with Gasteiger partial charge in [0.2, 0.25) is 11.2 Å². The number of nitrogens with zero attached hydrogens (tertiary/aromatic N) is 6. The molecule has 3 aliphatic heterocycles. The third kappa shape index (κ3) is 7.20. The number of fused-ring (bicyclic) bond motifs is 5. The molecule has 0 aliphatic carbocycles. The first-order valence-corrected chi connectivity index (χ1v) is 17.0. The van der Waals surface area contributed by atoms with E-state index in [1.165, 1.54) is 43.1 Å². The Kier molecular flexibility index (Phi) is 10.7. The third-order valence-corrected chi connectivity index (χ3v) is 9.79. The summed E-state index contributed by atoms with van der Waals surface area (Å²) in [7, 11) is 4.16. The smallest absolute Gasteiger partial charge is 0.420 e.